The molecule has 0 saturated carbocycles. The summed E-state index contributed by atoms with van der Waals surface area (Å²) in [6.07, 6.45) is 0. The lowest BCUT2D eigenvalue weighted by Crippen LogP contribution is -2.58. The van der Waals surface area contributed by atoms with Crippen molar-refractivity contribution in [2.24, 2.45) is 11.8 Å². The van der Waals surface area contributed by atoms with Crippen molar-refractivity contribution in [2.75, 3.05) is 46.3 Å². The normalized spacial score (nSPS) is 23.5. The van der Waals surface area contributed by atoms with Crippen LogP contribution in [0, 0.1) is 11.8 Å². The van der Waals surface area contributed by atoms with E-state index in [-0.39, 0.29) is 0 Å². The van der Waals surface area contributed by atoms with Crippen molar-refractivity contribution < 1.29 is 0 Å². The van der Waals surface area contributed by atoms with E-state index in [0.29, 0.717) is 5.54 Å². The van der Waals surface area contributed by atoms with Crippen LogP contribution in [0.3, 0.4) is 0 Å². The Morgan fingerprint density at radius 1 is 1.11 bits per heavy atom. The van der Waals surface area contributed by atoms with E-state index in [1.54, 1.807) is 0 Å². The topological polar surface area (TPSA) is 18.5 Å². The first-order valence-corrected chi connectivity index (χ1v) is 7.45. The summed E-state index contributed by atoms with van der Waals surface area (Å²) in [6.45, 7) is 18.7. The molecule has 0 spiro atoms. The Balaban J connectivity index is 2.26. The van der Waals surface area contributed by atoms with E-state index in [2.05, 4.69) is 56.8 Å². The van der Waals surface area contributed by atoms with Crippen molar-refractivity contribution in [3.63, 3.8) is 0 Å². The highest BCUT2D eigenvalue weighted by molar-refractivity contribution is 4.88. The number of hydrogen-bond donors (Lipinski definition) is 1. The molecule has 1 heterocycles. The summed E-state index contributed by atoms with van der Waals surface area (Å²) in [5.74, 6) is 1.49. The predicted molar refractivity (Wildman–Crippen MR) is 80.0 cm³/mol. The lowest BCUT2D eigenvalue weighted by Gasteiger charge is -2.46. The molecule has 18 heavy (non-hydrogen) atoms. The third-order valence-electron chi connectivity index (χ3n) is 4.01. The van der Waals surface area contributed by atoms with Crippen molar-refractivity contribution in [2.45, 2.75) is 40.2 Å². The van der Waals surface area contributed by atoms with E-state index in [0.717, 1.165) is 24.9 Å². The van der Waals surface area contributed by atoms with Gasteiger partial charge in [-0.1, -0.05) is 20.8 Å². The molecule has 1 saturated heterocycles. The Hall–Kier alpha value is -0.120. The van der Waals surface area contributed by atoms with Crippen LogP contribution in [-0.2, 0) is 0 Å². The Bertz CT molecular complexity index is 238. The molecule has 0 bridgehead atoms. The summed E-state index contributed by atoms with van der Waals surface area (Å²) in [4.78, 5) is 5.10. The van der Waals surface area contributed by atoms with Crippen LogP contribution in [0.4, 0.5) is 0 Å². The van der Waals surface area contributed by atoms with Gasteiger partial charge in [-0.25, -0.2) is 0 Å². The van der Waals surface area contributed by atoms with Gasteiger partial charge in [0.25, 0.3) is 0 Å². The molecule has 0 radical (unpaired) electrons. The van der Waals surface area contributed by atoms with E-state index < -0.39 is 0 Å². The van der Waals surface area contributed by atoms with Gasteiger partial charge in [-0.2, -0.15) is 0 Å². The van der Waals surface area contributed by atoms with Crippen molar-refractivity contribution in [1.29, 1.82) is 0 Å². The summed E-state index contributed by atoms with van der Waals surface area (Å²) >= 11 is 0. The zero-order chi connectivity index (χ0) is 13.8. The molecule has 1 N–H and O–H groups in total. The van der Waals surface area contributed by atoms with Gasteiger partial charge in [-0.15, -0.1) is 0 Å². The Morgan fingerprint density at radius 3 is 2.33 bits per heavy atom. The lowest BCUT2D eigenvalue weighted by molar-refractivity contribution is 0.0333. The number of nitrogens with zero attached hydrogens (tertiary/aromatic N) is 2. The molecular formula is C15H33N3. The van der Waals surface area contributed by atoms with E-state index in [1.807, 2.05) is 0 Å². The first-order valence-electron chi connectivity index (χ1n) is 7.45. The maximum Gasteiger partial charge on any atom is 0.0277 e. The summed E-state index contributed by atoms with van der Waals surface area (Å²) in [7, 11) is 2.24. The maximum absolute atomic E-state index is 3.57. The summed E-state index contributed by atoms with van der Waals surface area (Å²) in [5.41, 5.74) is 0.323. The molecule has 0 amide bonds. The molecule has 1 aliphatic heterocycles. The van der Waals surface area contributed by atoms with Gasteiger partial charge in [0.1, 0.15) is 0 Å². The Morgan fingerprint density at radius 2 is 1.78 bits per heavy atom. The Kier molecular flexibility index (Phi) is 6.09. The molecule has 0 aromatic carbocycles. The van der Waals surface area contributed by atoms with Gasteiger partial charge in [-0.3, -0.25) is 9.80 Å². The third kappa shape index (κ3) is 5.25. The standard InChI is InChI=1S/C15H33N3/c1-13(2)9-16-10-14(3)11-18-8-7-17(6)15(4,5)12-18/h13-14,16H,7-12H2,1-6H3. The van der Waals surface area contributed by atoms with Crippen molar-refractivity contribution in [3.8, 4) is 0 Å². The van der Waals surface area contributed by atoms with Crippen LogP contribution in [0.2, 0.25) is 0 Å². The molecule has 0 aromatic heterocycles. The smallest absolute Gasteiger partial charge is 0.0277 e. The van der Waals surface area contributed by atoms with E-state index in [4.69, 9.17) is 0 Å². The highest BCUT2D eigenvalue weighted by Gasteiger charge is 2.31. The van der Waals surface area contributed by atoms with Crippen LogP contribution in [0.1, 0.15) is 34.6 Å². The Labute approximate surface area is 114 Å². The van der Waals surface area contributed by atoms with E-state index >= 15 is 0 Å². The molecule has 1 unspecified atom stereocenters. The molecular weight excluding hydrogens is 222 g/mol. The van der Waals surface area contributed by atoms with Gasteiger partial charge >= 0.3 is 0 Å². The number of hydrogen-bond acceptors (Lipinski definition) is 3. The van der Waals surface area contributed by atoms with Crippen LogP contribution in [-0.4, -0.2) is 61.7 Å². The first-order chi connectivity index (χ1) is 8.31. The molecule has 1 fully saturated rings. The second kappa shape index (κ2) is 6.88. The summed E-state index contributed by atoms with van der Waals surface area (Å²) in [6, 6.07) is 0. The molecule has 1 atom stereocenters. The molecule has 108 valence electrons. The molecule has 1 rings (SSSR count). The fraction of sp³-hybridized carbons (Fsp3) is 1.00. The molecule has 1 aliphatic rings. The number of likely N-dealkylation sites (N-methyl/N-ethyl adjacent to an activating group) is 1. The quantitative estimate of drug-likeness (QED) is 0.782. The second-order valence-electron chi connectivity index (χ2n) is 7.13. The molecule has 0 aromatic rings. The molecule has 3 nitrogen and oxygen atoms in total. The van der Waals surface area contributed by atoms with Gasteiger partial charge in [0, 0.05) is 31.7 Å². The summed E-state index contributed by atoms with van der Waals surface area (Å²) in [5, 5.41) is 3.57. The second-order valence-corrected chi connectivity index (χ2v) is 7.13. The minimum atomic E-state index is 0.323. The van der Waals surface area contributed by atoms with Crippen LogP contribution < -0.4 is 5.32 Å². The van der Waals surface area contributed by atoms with Gasteiger partial charge in [0.2, 0.25) is 0 Å². The molecule has 3 heteroatoms. The monoisotopic (exact) mass is 255 g/mol. The SMILES string of the molecule is CC(C)CNCC(C)CN1CCN(C)C(C)(C)C1. The fourth-order valence-electron chi connectivity index (χ4n) is 2.62. The van der Waals surface area contributed by atoms with E-state index in [9.17, 15) is 0 Å². The average molecular weight is 255 g/mol. The van der Waals surface area contributed by atoms with Gasteiger partial charge in [0.15, 0.2) is 0 Å². The zero-order valence-corrected chi connectivity index (χ0v) is 13.3. The lowest BCUT2D eigenvalue weighted by atomic mass is 9.98. The van der Waals surface area contributed by atoms with Crippen LogP contribution in [0.5, 0.6) is 0 Å². The minimum Gasteiger partial charge on any atom is -0.316 e. The highest BCUT2D eigenvalue weighted by atomic mass is 15.3. The van der Waals surface area contributed by atoms with Gasteiger partial charge < -0.3 is 5.32 Å². The van der Waals surface area contributed by atoms with Crippen molar-refractivity contribution in [3.05, 3.63) is 0 Å². The van der Waals surface area contributed by atoms with Crippen molar-refractivity contribution >= 4 is 0 Å². The first kappa shape index (κ1) is 15.9. The number of piperazine rings is 1. The van der Waals surface area contributed by atoms with Crippen LogP contribution >= 0.6 is 0 Å². The third-order valence-corrected chi connectivity index (χ3v) is 4.01. The van der Waals surface area contributed by atoms with Gasteiger partial charge in [-0.05, 0) is 45.8 Å². The van der Waals surface area contributed by atoms with Crippen LogP contribution in [0.25, 0.3) is 0 Å². The fourth-order valence-corrected chi connectivity index (χ4v) is 2.62. The highest BCUT2D eigenvalue weighted by Crippen LogP contribution is 2.19. The average Bonchev–Trinajstić information content (AvgIpc) is 2.22. The van der Waals surface area contributed by atoms with E-state index in [1.165, 1.54) is 26.2 Å². The number of rotatable bonds is 6. The minimum absolute atomic E-state index is 0.323. The zero-order valence-electron chi connectivity index (χ0n) is 13.3. The largest absolute Gasteiger partial charge is 0.316 e. The predicted octanol–water partition coefficient (Wildman–Crippen LogP) is 1.89. The van der Waals surface area contributed by atoms with Gasteiger partial charge in [0.05, 0.1) is 0 Å². The van der Waals surface area contributed by atoms with Crippen LogP contribution in [0.15, 0.2) is 0 Å². The van der Waals surface area contributed by atoms with Crippen molar-refractivity contribution in [1.82, 2.24) is 15.1 Å². The maximum atomic E-state index is 3.57. The summed E-state index contributed by atoms with van der Waals surface area (Å²) < 4.78 is 0. The molecule has 0 aliphatic carbocycles. The number of nitrogens with one attached hydrogen (secondary N) is 1.